The molecule has 1 aliphatic rings. The number of alkyl halides is 3. The molecule has 1 saturated heterocycles. The first kappa shape index (κ1) is 29.4. The number of nitrogens with one attached hydrogen (secondary N) is 1. The number of nitrogens with zero attached hydrogens (tertiary/aromatic N) is 5. The van der Waals surface area contributed by atoms with Crippen LogP contribution >= 0.6 is 11.6 Å². The van der Waals surface area contributed by atoms with Gasteiger partial charge in [-0.15, -0.1) is 0 Å². The summed E-state index contributed by atoms with van der Waals surface area (Å²) in [5, 5.41) is 8.48. The van der Waals surface area contributed by atoms with E-state index in [-0.39, 0.29) is 11.3 Å². The van der Waals surface area contributed by atoms with Crippen LogP contribution < -0.4 is 21.1 Å². The maximum Gasteiger partial charge on any atom is 0.416 e. The Labute approximate surface area is 236 Å². The first-order valence-electron chi connectivity index (χ1n) is 12.9. The number of nitrogens with two attached hydrogens (primary N) is 1. The van der Waals surface area contributed by atoms with Gasteiger partial charge in [0.15, 0.2) is 0 Å². The molecule has 40 heavy (non-hydrogen) atoms. The third-order valence-electron chi connectivity index (χ3n) is 7.17. The van der Waals surface area contributed by atoms with Crippen molar-refractivity contribution >= 4 is 40.1 Å². The molecule has 1 aromatic heterocycles. The summed E-state index contributed by atoms with van der Waals surface area (Å²) < 4.78 is 43.0. The Bertz CT molecular complexity index is 1410. The van der Waals surface area contributed by atoms with Crippen molar-refractivity contribution < 1.29 is 18.0 Å². The van der Waals surface area contributed by atoms with Crippen LogP contribution in [0.3, 0.4) is 0 Å². The second-order valence-electron chi connectivity index (χ2n) is 9.79. The van der Waals surface area contributed by atoms with Crippen LogP contribution in [0.25, 0.3) is 5.57 Å². The number of benzene rings is 2. The third-order valence-corrected chi connectivity index (χ3v) is 7.49. The van der Waals surface area contributed by atoms with Gasteiger partial charge in [0.1, 0.15) is 0 Å². The number of carbonyl (C=O) groups is 1. The van der Waals surface area contributed by atoms with Gasteiger partial charge in [-0.3, -0.25) is 14.5 Å². The van der Waals surface area contributed by atoms with Crippen LogP contribution in [0.5, 0.6) is 0 Å². The second-order valence-corrected chi connectivity index (χ2v) is 10.2. The average molecular weight is 576 g/mol. The quantitative estimate of drug-likeness (QED) is 0.284. The Balaban J connectivity index is 1.58. The molecular formula is C28H33ClF3N7O. The number of aromatic nitrogens is 2. The molecule has 2 aromatic carbocycles. The van der Waals surface area contributed by atoms with Crippen molar-refractivity contribution in [2.75, 3.05) is 47.9 Å². The van der Waals surface area contributed by atoms with E-state index in [9.17, 15) is 18.0 Å². The van der Waals surface area contributed by atoms with Gasteiger partial charge < -0.3 is 15.1 Å². The van der Waals surface area contributed by atoms with E-state index in [0.29, 0.717) is 29.5 Å². The lowest BCUT2D eigenvalue weighted by Gasteiger charge is -2.36. The van der Waals surface area contributed by atoms with Gasteiger partial charge in [0, 0.05) is 67.6 Å². The van der Waals surface area contributed by atoms with E-state index in [0.717, 1.165) is 48.6 Å². The fourth-order valence-corrected chi connectivity index (χ4v) is 4.86. The van der Waals surface area contributed by atoms with E-state index in [1.54, 1.807) is 23.1 Å². The standard InChI is InChI=1S/C28H33ClF3N7O/c1-5-37-8-10-38(11-9-37)23-14-21(28(30,31)32)13-22(15-23)35-27(40)20-6-7-25(29)26(12-20)39(33)17-18(2)24-16-34-36(4)19(24)3/h6-7,12-17H,5,8-11,33H2,1-4H3,(H,35,40)/b18-17+. The zero-order chi connectivity index (χ0) is 29.2. The molecule has 0 radical (unpaired) electrons. The van der Waals surface area contributed by atoms with Crippen LogP contribution in [0.1, 0.15) is 41.0 Å². The number of hydrogen-bond donors (Lipinski definition) is 2. The number of halogens is 4. The number of amides is 1. The van der Waals surface area contributed by atoms with Crippen molar-refractivity contribution in [2.24, 2.45) is 12.9 Å². The van der Waals surface area contributed by atoms with Gasteiger partial charge >= 0.3 is 6.18 Å². The molecular weight excluding hydrogens is 543 g/mol. The van der Waals surface area contributed by atoms with Gasteiger partial charge in [-0.1, -0.05) is 18.5 Å². The molecule has 0 atom stereocenters. The smallest absolute Gasteiger partial charge is 0.369 e. The molecule has 0 bridgehead atoms. The topological polar surface area (TPSA) is 82.7 Å². The molecule has 0 spiro atoms. The summed E-state index contributed by atoms with van der Waals surface area (Å²) >= 11 is 6.39. The van der Waals surface area contributed by atoms with Gasteiger partial charge in [-0.25, -0.2) is 5.84 Å². The van der Waals surface area contributed by atoms with Gasteiger partial charge in [0.25, 0.3) is 5.91 Å². The molecule has 1 aliphatic heterocycles. The fraction of sp³-hybridized carbons (Fsp3) is 0.357. The van der Waals surface area contributed by atoms with Crippen molar-refractivity contribution in [3.63, 3.8) is 0 Å². The second kappa shape index (κ2) is 11.9. The fourth-order valence-electron chi connectivity index (χ4n) is 4.64. The van der Waals surface area contributed by atoms with E-state index < -0.39 is 17.6 Å². The van der Waals surface area contributed by atoms with E-state index in [2.05, 4.69) is 22.2 Å². The molecule has 0 saturated carbocycles. The zero-order valence-corrected chi connectivity index (χ0v) is 23.6. The predicted octanol–water partition coefficient (Wildman–Crippen LogP) is 5.54. The number of rotatable bonds is 7. The molecule has 3 N–H and O–H groups in total. The first-order valence-corrected chi connectivity index (χ1v) is 13.3. The summed E-state index contributed by atoms with van der Waals surface area (Å²) in [5.41, 5.74) is 2.87. The summed E-state index contributed by atoms with van der Waals surface area (Å²) in [6, 6.07) is 8.16. The highest BCUT2D eigenvalue weighted by Gasteiger charge is 2.32. The number of hydrogen-bond acceptors (Lipinski definition) is 6. The molecule has 4 rings (SSSR count). The summed E-state index contributed by atoms with van der Waals surface area (Å²) in [6.07, 6.45) is -1.16. The third kappa shape index (κ3) is 6.60. The van der Waals surface area contributed by atoms with E-state index in [1.165, 1.54) is 23.2 Å². The Kier molecular flexibility index (Phi) is 8.77. The number of anilines is 3. The Hall–Kier alpha value is -3.54. The van der Waals surface area contributed by atoms with Crippen molar-refractivity contribution in [1.29, 1.82) is 0 Å². The van der Waals surface area contributed by atoms with Crippen molar-refractivity contribution in [2.45, 2.75) is 26.9 Å². The monoisotopic (exact) mass is 575 g/mol. The number of hydrazine groups is 1. The number of aryl methyl sites for hydroxylation is 1. The van der Waals surface area contributed by atoms with Crippen LogP contribution in [-0.2, 0) is 13.2 Å². The summed E-state index contributed by atoms with van der Waals surface area (Å²) in [4.78, 5) is 17.3. The lowest BCUT2D eigenvalue weighted by Crippen LogP contribution is -2.46. The van der Waals surface area contributed by atoms with E-state index in [4.69, 9.17) is 17.4 Å². The Morgan fingerprint density at radius 2 is 1.88 bits per heavy atom. The molecule has 214 valence electrons. The first-order chi connectivity index (χ1) is 18.9. The highest BCUT2D eigenvalue weighted by molar-refractivity contribution is 6.33. The van der Waals surface area contributed by atoms with Crippen LogP contribution in [0.15, 0.2) is 48.8 Å². The summed E-state index contributed by atoms with van der Waals surface area (Å²) in [6.45, 7) is 9.46. The number of carbonyl (C=O) groups excluding carboxylic acids is 1. The molecule has 3 aromatic rings. The van der Waals surface area contributed by atoms with Crippen LogP contribution in [0.2, 0.25) is 5.02 Å². The molecule has 2 heterocycles. The van der Waals surface area contributed by atoms with Gasteiger partial charge in [-0.05, 0) is 62.4 Å². The molecule has 8 nitrogen and oxygen atoms in total. The zero-order valence-electron chi connectivity index (χ0n) is 22.9. The van der Waals surface area contributed by atoms with E-state index >= 15 is 0 Å². The average Bonchev–Trinajstić information content (AvgIpc) is 3.26. The predicted molar refractivity (Wildman–Crippen MR) is 153 cm³/mol. The largest absolute Gasteiger partial charge is 0.416 e. The maximum atomic E-state index is 13.7. The van der Waals surface area contributed by atoms with Crippen molar-refractivity contribution in [3.8, 4) is 0 Å². The van der Waals surface area contributed by atoms with Crippen molar-refractivity contribution in [1.82, 2.24) is 14.7 Å². The summed E-state index contributed by atoms with van der Waals surface area (Å²) in [7, 11) is 1.84. The van der Waals surface area contributed by atoms with E-state index in [1.807, 2.05) is 25.8 Å². The minimum atomic E-state index is -4.56. The minimum Gasteiger partial charge on any atom is -0.369 e. The van der Waals surface area contributed by atoms with Crippen LogP contribution in [-0.4, -0.2) is 53.3 Å². The maximum absolute atomic E-state index is 13.7. The lowest BCUT2D eigenvalue weighted by atomic mass is 10.1. The molecule has 0 unspecified atom stereocenters. The highest BCUT2D eigenvalue weighted by atomic mass is 35.5. The van der Waals surface area contributed by atoms with Crippen molar-refractivity contribution in [3.05, 3.63) is 76.2 Å². The van der Waals surface area contributed by atoms with Crippen LogP contribution in [0, 0.1) is 6.92 Å². The number of likely N-dealkylation sites (N-methyl/N-ethyl adjacent to an activating group) is 1. The lowest BCUT2D eigenvalue weighted by molar-refractivity contribution is -0.137. The molecule has 1 amide bonds. The Morgan fingerprint density at radius 3 is 2.48 bits per heavy atom. The number of allylic oxidation sites excluding steroid dienone is 1. The molecule has 0 aliphatic carbocycles. The number of piperazine rings is 1. The minimum absolute atomic E-state index is 0.0524. The molecule has 12 heteroatoms. The normalized spacial score (nSPS) is 14.9. The molecule has 1 fully saturated rings. The SMILES string of the molecule is CCN1CCN(c2cc(NC(=O)c3ccc(Cl)c(N(N)/C=C(\C)c4cnn(C)c4C)c3)cc(C(F)(F)F)c2)CC1. The Morgan fingerprint density at radius 1 is 1.18 bits per heavy atom. The summed E-state index contributed by atoms with van der Waals surface area (Å²) in [5.74, 6) is 5.70. The van der Waals surface area contributed by atoms with Gasteiger partial charge in [0.2, 0.25) is 0 Å². The highest BCUT2D eigenvalue weighted by Crippen LogP contribution is 2.35. The van der Waals surface area contributed by atoms with Gasteiger partial charge in [-0.2, -0.15) is 18.3 Å². The van der Waals surface area contributed by atoms with Gasteiger partial charge in [0.05, 0.1) is 22.5 Å². The van der Waals surface area contributed by atoms with Crippen LogP contribution in [0.4, 0.5) is 30.2 Å².